The number of nitrogens with zero attached hydrogens (tertiary/aromatic N) is 2. The van der Waals surface area contributed by atoms with E-state index in [1.165, 1.54) is 16.8 Å². The first-order chi connectivity index (χ1) is 7.63. The summed E-state index contributed by atoms with van der Waals surface area (Å²) in [7, 11) is 0. The summed E-state index contributed by atoms with van der Waals surface area (Å²) in [6.07, 6.45) is 4.05. The van der Waals surface area contributed by atoms with Crippen molar-refractivity contribution in [1.82, 2.24) is 9.55 Å². The number of aromatic nitrogens is 2. The van der Waals surface area contributed by atoms with Crippen LogP contribution >= 0.6 is 0 Å². The van der Waals surface area contributed by atoms with Gasteiger partial charge < -0.3 is 15.9 Å². The van der Waals surface area contributed by atoms with Crippen molar-refractivity contribution in [2.24, 2.45) is 5.92 Å². The van der Waals surface area contributed by atoms with Crippen molar-refractivity contribution in [3.8, 4) is 0 Å². The molecule has 1 aromatic heterocycles. The molecule has 0 aliphatic heterocycles. The van der Waals surface area contributed by atoms with E-state index in [-0.39, 0.29) is 18.3 Å². The molecule has 0 unspecified atom stereocenters. The van der Waals surface area contributed by atoms with Crippen LogP contribution in [0.2, 0.25) is 0 Å². The van der Waals surface area contributed by atoms with Crippen LogP contribution < -0.4 is 11.4 Å². The molecule has 3 atom stereocenters. The maximum Gasteiger partial charge on any atom is 0.350 e. The Morgan fingerprint density at radius 2 is 2.25 bits per heavy atom. The first-order valence-electron chi connectivity index (χ1n) is 4.95. The predicted molar refractivity (Wildman–Crippen MR) is 57.7 cm³/mol. The third-order valence-corrected chi connectivity index (χ3v) is 2.73. The second-order valence-corrected chi connectivity index (χ2v) is 3.75. The summed E-state index contributed by atoms with van der Waals surface area (Å²) in [5.41, 5.74) is 4.86. The van der Waals surface area contributed by atoms with Crippen LogP contribution in [0.3, 0.4) is 0 Å². The zero-order valence-corrected chi connectivity index (χ0v) is 8.52. The molecule has 4 N–H and O–H groups in total. The smallest absolute Gasteiger partial charge is 0.350 e. The van der Waals surface area contributed by atoms with Crippen LogP contribution in [0, 0.1) is 5.92 Å². The monoisotopic (exact) mass is 223 g/mol. The molecule has 1 aliphatic carbocycles. The van der Waals surface area contributed by atoms with Crippen LogP contribution in [0.25, 0.3) is 0 Å². The molecule has 0 saturated carbocycles. The summed E-state index contributed by atoms with van der Waals surface area (Å²) in [6.45, 7) is -0.148. The number of hydrogen-bond donors (Lipinski definition) is 3. The van der Waals surface area contributed by atoms with Gasteiger partial charge in [0.15, 0.2) is 0 Å². The van der Waals surface area contributed by atoms with Gasteiger partial charge in [-0.1, -0.05) is 12.2 Å². The molecule has 0 radical (unpaired) electrons. The summed E-state index contributed by atoms with van der Waals surface area (Å²) >= 11 is 0. The standard InChI is InChI=1S/C10H13N3O3/c11-8-3-4-13(10(16)12-8)7-2-1-6(5-14)9(7)15/h1-4,6-7,9,14-15H,5H2,(H2,11,12,16)/t6-,7-,9-/m0/s1. The van der Waals surface area contributed by atoms with E-state index in [9.17, 15) is 9.90 Å². The van der Waals surface area contributed by atoms with Crippen LogP contribution in [-0.4, -0.2) is 32.5 Å². The van der Waals surface area contributed by atoms with E-state index in [0.717, 1.165) is 0 Å². The number of nitrogens with two attached hydrogens (primary N) is 1. The fraction of sp³-hybridized carbons (Fsp3) is 0.400. The van der Waals surface area contributed by atoms with E-state index in [4.69, 9.17) is 10.8 Å². The molecule has 0 aromatic carbocycles. The van der Waals surface area contributed by atoms with Crippen molar-refractivity contribution < 1.29 is 10.2 Å². The molecule has 0 saturated heterocycles. The van der Waals surface area contributed by atoms with Crippen molar-refractivity contribution in [3.05, 3.63) is 34.9 Å². The van der Waals surface area contributed by atoms with Gasteiger partial charge in [-0.05, 0) is 6.07 Å². The van der Waals surface area contributed by atoms with Gasteiger partial charge >= 0.3 is 5.69 Å². The maximum atomic E-state index is 11.5. The number of nitrogen functional groups attached to an aromatic ring is 1. The van der Waals surface area contributed by atoms with Gasteiger partial charge in [0.2, 0.25) is 0 Å². The highest BCUT2D eigenvalue weighted by molar-refractivity contribution is 5.24. The SMILES string of the molecule is Nc1ccn([C@H]2C=C[C@@H](CO)[C@@H]2O)c(=O)n1. The summed E-state index contributed by atoms with van der Waals surface area (Å²) in [4.78, 5) is 15.1. The van der Waals surface area contributed by atoms with Gasteiger partial charge in [0.25, 0.3) is 0 Å². The quantitative estimate of drug-likeness (QED) is 0.553. The molecule has 0 amide bonds. The third kappa shape index (κ3) is 1.72. The predicted octanol–water partition coefficient (Wildman–Crippen LogP) is -1.09. The van der Waals surface area contributed by atoms with E-state index >= 15 is 0 Å². The zero-order valence-electron chi connectivity index (χ0n) is 8.52. The second-order valence-electron chi connectivity index (χ2n) is 3.75. The summed E-state index contributed by atoms with van der Waals surface area (Å²) in [6, 6.07) is 1.01. The van der Waals surface area contributed by atoms with E-state index in [1.54, 1.807) is 12.2 Å². The highest BCUT2D eigenvalue weighted by Gasteiger charge is 2.31. The summed E-state index contributed by atoms with van der Waals surface area (Å²) < 4.78 is 1.30. The summed E-state index contributed by atoms with van der Waals surface area (Å²) in [5, 5.41) is 18.8. The van der Waals surface area contributed by atoms with Gasteiger partial charge in [-0.3, -0.25) is 4.57 Å². The normalized spacial score (nSPS) is 28.5. The van der Waals surface area contributed by atoms with Gasteiger partial charge in [0.05, 0.1) is 18.8 Å². The lowest BCUT2D eigenvalue weighted by Crippen LogP contribution is -2.34. The highest BCUT2D eigenvalue weighted by atomic mass is 16.3. The van der Waals surface area contributed by atoms with E-state index in [0.29, 0.717) is 0 Å². The van der Waals surface area contributed by atoms with Gasteiger partial charge in [-0.15, -0.1) is 0 Å². The fourth-order valence-corrected chi connectivity index (χ4v) is 1.82. The van der Waals surface area contributed by atoms with E-state index in [1.807, 2.05) is 0 Å². The van der Waals surface area contributed by atoms with Crippen molar-refractivity contribution >= 4 is 5.82 Å². The minimum Gasteiger partial charge on any atom is -0.396 e. The topological polar surface area (TPSA) is 101 Å². The molecule has 86 valence electrons. The van der Waals surface area contributed by atoms with Crippen LogP contribution in [-0.2, 0) is 0 Å². The molecule has 6 nitrogen and oxygen atoms in total. The molecule has 0 bridgehead atoms. The largest absolute Gasteiger partial charge is 0.396 e. The van der Waals surface area contributed by atoms with E-state index < -0.39 is 17.8 Å². The number of hydrogen-bond acceptors (Lipinski definition) is 5. The van der Waals surface area contributed by atoms with E-state index in [2.05, 4.69) is 4.98 Å². The Morgan fingerprint density at radius 1 is 1.50 bits per heavy atom. The van der Waals surface area contributed by atoms with Gasteiger partial charge in [-0.25, -0.2) is 4.79 Å². The number of aliphatic hydroxyl groups excluding tert-OH is 2. The Bertz CT molecular complexity index is 469. The molecule has 2 rings (SSSR count). The summed E-state index contributed by atoms with van der Waals surface area (Å²) in [5.74, 6) is -0.189. The first kappa shape index (κ1) is 10.8. The van der Waals surface area contributed by atoms with Crippen molar-refractivity contribution in [2.45, 2.75) is 12.1 Å². The molecular formula is C10H13N3O3. The van der Waals surface area contributed by atoms with Gasteiger partial charge in [-0.2, -0.15) is 4.98 Å². The average Bonchev–Trinajstić information content (AvgIpc) is 2.60. The van der Waals surface area contributed by atoms with Crippen LogP contribution in [0.1, 0.15) is 6.04 Å². The lowest BCUT2D eigenvalue weighted by Gasteiger charge is -2.20. The molecular weight excluding hydrogens is 210 g/mol. The number of anilines is 1. The molecule has 0 fully saturated rings. The second kappa shape index (κ2) is 4.07. The lowest BCUT2D eigenvalue weighted by atomic mass is 10.1. The minimum atomic E-state index is -0.812. The van der Waals surface area contributed by atoms with Gasteiger partial charge in [0, 0.05) is 12.1 Å². The molecule has 1 heterocycles. The Morgan fingerprint density at radius 3 is 2.81 bits per heavy atom. The van der Waals surface area contributed by atoms with Crippen LogP contribution in [0.4, 0.5) is 5.82 Å². The molecule has 16 heavy (non-hydrogen) atoms. The van der Waals surface area contributed by atoms with Crippen molar-refractivity contribution in [1.29, 1.82) is 0 Å². The maximum absolute atomic E-state index is 11.5. The molecule has 1 aromatic rings. The Kier molecular flexibility index (Phi) is 2.76. The minimum absolute atomic E-state index is 0.148. The molecule has 0 spiro atoms. The number of rotatable bonds is 2. The molecule has 6 heteroatoms. The Labute approximate surface area is 91.7 Å². The number of aliphatic hydroxyl groups is 2. The van der Waals surface area contributed by atoms with Crippen molar-refractivity contribution in [3.63, 3.8) is 0 Å². The third-order valence-electron chi connectivity index (χ3n) is 2.73. The Balaban J connectivity index is 2.33. The Hall–Kier alpha value is -1.66. The molecule has 1 aliphatic rings. The zero-order chi connectivity index (χ0) is 11.7. The van der Waals surface area contributed by atoms with Crippen LogP contribution in [0.15, 0.2) is 29.2 Å². The average molecular weight is 223 g/mol. The first-order valence-corrected chi connectivity index (χ1v) is 4.95. The van der Waals surface area contributed by atoms with Crippen molar-refractivity contribution in [2.75, 3.05) is 12.3 Å². The lowest BCUT2D eigenvalue weighted by molar-refractivity contribution is 0.0733. The highest BCUT2D eigenvalue weighted by Crippen LogP contribution is 2.26. The van der Waals surface area contributed by atoms with Gasteiger partial charge in [0.1, 0.15) is 5.82 Å². The van der Waals surface area contributed by atoms with Crippen LogP contribution in [0.5, 0.6) is 0 Å². The fourth-order valence-electron chi connectivity index (χ4n) is 1.82.